The van der Waals surface area contributed by atoms with Gasteiger partial charge in [-0.1, -0.05) is 84.8 Å². The van der Waals surface area contributed by atoms with Crippen LogP contribution < -0.4 is 5.30 Å². The van der Waals surface area contributed by atoms with Gasteiger partial charge in [0.15, 0.2) is 0 Å². The Bertz CT molecular complexity index is 545. The summed E-state index contributed by atoms with van der Waals surface area (Å²) >= 11 is 0. The van der Waals surface area contributed by atoms with E-state index in [1.807, 2.05) is 0 Å². The van der Waals surface area contributed by atoms with Gasteiger partial charge >= 0.3 is 56.5 Å². The van der Waals surface area contributed by atoms with Gasteiger partial charge in [0.1, 0.15) is 0 Å². The van der Waals surface area contributed by atoms with Crippen molar-refractivity contribution < 1.29 is 44.3 Å². The minimum atomic E-state index is -0.795. The molecule has 0 N–H and O–H groups in total. The molecule has 0 fully saturated rings. The van der Waals surface area contributed by atoms with Crippen LogP contribution in [0.25, 0.3) is 0 Å². The summed E-state index contributed by atoms with van der Waals surface area (Å²) in [6.07, 6.45) is 12.9. The second-order valence-electron chi connectivity index (χ2n) is 5.76. The standard InChI is InChI=1S/C18H32P2.5CO.W/c1-4-7-15-20(16-8-5-2,17-9-6-3)19-18-13-11-10-12-14-18;5*1-2;/h10-14H,4-9,15-17H2,1-3H3;;;;;;. The molecule has 0 atom stereocenters. The smallest absolute Gasteiger partial charge is 0 e. The van der Waals surface area contributed by atoms with E-state index in [-0.39, 0.29) is 21.1 Å². The van der Waals surface area contributed by atoms with Gasteiger partial charge in [0.05, 0.1) is 0 Å². The zero-order valence-corrected chi connectivity index (χ0v) is 23.3. The fourth-order valence-corrected chi connectivity index (χ4v) is 11.1. The maximum atomic E-state index is 7.50. The third-order valence-electron chi connectivity index (χ3n) is 3.87. The summed E-state index contributed by atoms with van der Waals surface area (Å²) in [6, 6.07) is 11.2. The zero-order chi connectivity index (χ0) is 24.7. The molecule has 1 aromatic carbocycles. The molecule has 0 radical (unpaired) electrons. The van der Waals surface area contributed by atoms with Gasteiger partial charge in [0.25, 0.3) is 0 Å². The summed E-state index contributed by atoms with van der Waals surface area (Å²) in [7, 11) is 1.69. The van der Waals surface area contributed by atoms with Crippen molar-refractivity contribution in [1.82, 2.24) is 0 Å². The van der Waals surface area contributed by atoms with Crippen LogP contribution in [-0.2, 0) is 44.3 Å². The van der Waals surface area contributed by atoms with Crippen molar-refractivity contribution >= 4 is 19.7 Å². The van der Waals surface area contributed by atoms with Crippen LogP contribution in [0.15, 0.2) is 30.3 Å². The minimum Gasteiger partial charge on any atom is 0 e. The molecule has 0 spiro atoms. The van der Waals surface area contributed by atoms with Crippen LogP contribution in [0, 0.1) is 33.3 Å². The van der Waals surface area contributed by atoms with Gasteiger partial charge in [0.2, 0.25) is 0 Å². The monoisotopic (exact) mass is 634 g/mol. The van der Waals surface area contributed by atoms with Crippen molar-refractivity contribution in [3.63, 3.8) is 0 Å². The molecular weight excluding hydrogens is 602 g/mol. The predicted molar refractivity (Wildman–Crippen MR) is 119 cm³/mol. The summed E-state index contributed by atoms with van der Waals surface area (Å²) < 4.78 is 37.5. The molecule has 0 aliphatic heterocycles. The van der Waals surface area contributed by atoms with Gasteiger partial charge < -0.3 is 0 Å². The van der Waals surface area contributed by atoms with Crippen molar-refractivity contribution in [1.29, 1.82) is 0 Å². The summed E-state index contributed by atoms with van der Waals surface area (Å²) in [5.41, 5.74) is 0. The third kappa shape index (κ3) is 29.3. The Morgan fingerprint density at radius 3 is 1.16 bits per heavy atom. The predicted octanol–water partition coefficient (Wildman–Crippen LogP) is 6.40. The number of unbranched alkanes of at least 4 members (excludes halogenated alkanes) is 3. The molecule has 0 amide bonds. The maximum Gasteiger partial charge on any atom is 0 e. The van der Waals surface area contributed by atoms with E-state index < -0.39 is 6.55 Å². The molecule has 5 nitrogen and oxygen atoms in total. The van der Waals surface area contributed by atoms with E-state index >= 15 is 0 Å². The van der Waals surface area contributed by atoms with E-state index in [0.717, 1.165) is 0 Å². The maximum absolute atomic E-state index is 7.50. The van der Waals surface area contributed by atoms with Crippen LogP contribution in [0.4, 0.5) is 0 Å². The van der Waals surface area contributed by atoms with Gasteiger partial charge in [-0.3, -0.25) is 0 Å². The zero-order valence-electron chi connectivity index (χ0n) is 18.6. The van der Waals surface area contributed by atoms with Gasteiger partial charge in [-0.25, -0.2) is 0 Å². The summed E-state index contributed by atoms with van der Waals surface area (Å²) in [4.78, 5) is 0. The van der Waals surface area contributed by atoms with Crippen molar-refractivity contribution in [2.45, 2.75) is 59.3 Å². The summed E-state index contributed by atoms with van der Waals surface area (Å²) in [6.45, 7) is 28.7. The number of rotatable bonds is 10. The largest absolute Gasteiger partial charge is 0 e. The van der Waals surface area contributed by atoms with Crippen LogP contribution in [-0.4, -0.2) is 18.5 Å². The Kier molecular flexibility index (Phi) is 61.5. The van der Waals surface area contributed by atoms with E-state index in [1.165, 1.54) is 57.0 Å². The third-order valence-corrected chi connectivity index (χ3v) is 12.0. The summed E-state index contributed by atoms with van der Waals surface area (Å²) in [5.74, 6) is 0. The first-order chi connectivity index (χ1) is 14.8. The minimum absolute atomic E-state index is 0. The topological polar surface area (TPSA) is 99.5 Å². The molecule has 0 unspecified atom stereocenters. The average molecular weight is 634 g/mol. The Labute approximate surface area is 205 Å². The van der Waals surface area contributed by atoms with Crippen molar-refractivity contribution in [3.05, 3.63) is 63.6 Å². The molecule has 0 saturated heterocycles. The molecule has 170 valence electrons. The molecular formula is C23H32O5P2W. The second kappa shape index (κ2) is 43.3. The average Bonchev–Trinajstić information content (AvgIpc) is 2.87. The Morgan fingerprint density at radius 2 is 0.903 bits per heavy atom. The normalized spacial score (nSPS) is 8.03. The number of benzene rings is 1. The molecule has 0 bridgehead atoms. The van der Waals surface area contributed by atoms with E-state index in [2.05, 4.69) is 84.4 Å². The molecule has 0 aliphatic rings. The van der Waals surface area contributed by atoms with Crippen LogP contribution in [0.1, 0.15) is 59.3 Å². The van der Waals surface area contributed by atoms with E-state index in [0.29, 0.717) is 0 Å². The Hall–Kier alpha value is -0.662. The van der Waals surface area contributed by atoms with Crippen LogP contribution in [0.5, 0.6) is 0 Å². The van der Waals surface area contributed by atoms with E-state index in [1.54, 1.807) is 13.2 Å². The van der Waals surface area contributed by atoms with Crippen LogP contribution in [0.2, 0.25) is 0 Å². The van der Waals surface area contributed by atoms with E-state index in [9.17, 15) is 0 Å². The van der Waals surface area contributed by atoms with Crippen molar-refractivity contribution in [2.75, 3.05) is 18.5 Å². The molecule has 0 saturated carbocycles. The van der Waals surface area contributed by atoms with Crippen molar-refractivity contribution in [2.24, 2.45) is 0 Å². The Morgan fingerprint density at radius 1 is 0.613 bits per heavy atom. The number of hydrogen-bond donors (Lipinski definition) is 0. The quantitative estimate of drug-likeness (QED) is 0.162. The van der Waals surface area contributed by atoms with Gasteiger partial charge in [0, 0.05) is 26.4 Å². The summed E-state index contributed by atoms with van der Waals surface area (Å²) in [5, 5.41) is 1.56. The molecule has 31 heavy (non-hydrogen) atoms. The second-order valence-corrected chi connectivity index (χ2v) is 13.2. The van der Waals surface area contributed by atoms with Gasteiger partial charge in [-0.15, -0.1) is 0 Å². The number of hydrogen-bond acceptors (Lipinski definition) is 0. The first-order valence-corrected chi connectivity index (χ1v) is 13.4. The molecule has 0 aromatic heterocycles. The van der Waals surface area contributed by atoms with Gasteiger partial charge in [-0.05, 0) is 37.7 Å². The Balaban J connectivity index is -0.000000124. The molecule has 0 heterocycles. The van der Waals surface area contributed by atoms with Crippen molar-refractivity contribution in [3.8, 4) is 0 Å². The molecule has 8 heteroatoms. The molecule has 0 aliphatic carbocycles. The fourth-order valence-electron chi connectivity index (χ4n) is 2.58. The SMILES string of the molecule is CCCCP(CCCC)(CCCC)=Pc1ccccc1.[C-]#[O+].[C-]#[O+].[C-]#[O+].[C-]#[O+].[C-]#[O+].[W]. The molecule has 1 rings (SSSR count). The first-order valence-electron chi connectivity index (χ1n) is 9.42. The molecule has 1 aromatic rings. The van der Waals surface area contributed by atoms with E-state index in [4.69, 9.17) is 23.3 Å². The first kappa shape index (κ1) is 44.1. The van der Waals surface area contributed by atoms with Gasteiger partial charge in [-0.2, -0.15) is 0 Å². The van der Waals surface area contributed by atoms with Crippen LogP contribution in [0.3, 0.4) is 0 Å². The van der Waals surface area contributed by atoms with Crippen LogP contribution >= 0.6 is 14.4 Å². The fraction of sp³-hybridized carbons (Fsp3) is 0.522.